The molecule has 2 aromatic rings. The third-order valence-electron chi connectivity index (χ3n) is 2.71. The van der Waals surface area contributed by atoms with Crippen molar-refractivity contribution in [2.24, 2.45) is 0 Å². The van der Waals surface area contributed by atoms with E-state index in [1.165, 1.54) is 33.4 Å². The van der Waals surface area contributed by atoms with Gasteiger partial charge in [0.05, 0.1) is 0 Å². The van der Waals surface area contributed by atoms with Crippen molar-refractivity contribution in [1.29, 1.82) is 0 Å². The molecule has 1 heteroatoms. The number of hydrogen-bond donors (Lipinski definition) is 0. The van der Waals surface area contributed by atoms with Crippen LogP contribution in [0.3, 0.4) is 0 Å². The number of fused-ring (bicyclic) bond motifs is 1. The molecule has 0 spiro atoms. The Morgan fingerprint density at radius 3 is 2.67 bits per heavy atom. The first-order valence-electron chi connectivity index (χ1n) is 5.73. The van der Waals surface area contributed by atoms with Crippen molar-refractivity contribution in [2.75, 3.05) is 0 Å². The Kier molecular flexibility index (Phi) is 3.11. The van der Waals surface area contributed by atoms with Crippen LogP contribution in [0, 0.1) is 0 Å². The predicted molar refractivity (Wildman–Crippen MR) is 69.9 cm³/mol. The van der Waals surface area contributed by atoms with E-state index in [0.717, 1.165) is 0 Å². The van der Waals surface area contributed by atoms with Gasteiger partial charge >= 0.3 is 0 Å². The fraction of sp³-hybridized carbons (Fsp3) is 0.429. The van der Waals surface area contributed by atoms with Crippen LogP contribution in [0.4, 0.5) is 0 Å². The molecule has 2 rings (SSSR count). The monoisotopic (exact) mass is 218 g/mol. The molecule has 0 aliphatic heterocycles. The zero-order valence-electron chi connectivity index (χ0n) is 9.71. The van der Waals surface area contributed by atoms with Crippen LogP contribution in [0.15, 0.2) is 24.3 Å². The third-order valence-corrected chi connectivity index (χ3v) is 4.12. The van der Waals surface area contributed by atoms with Gasteiger partial charge in [0.2, 0.25) is 0 Å². The van der Waals surface area contributed by atoms with E-state index < -0.39 is 0 Å². The quantitative estimate of drug-likeness (QED) is 0.681. The summed E-state index contributed by atoms with van der Waals surface area (Å²) >= 11 is 1.93. The first-order valence-corrected chi connectivity index (χ1v) is 6.54. The summed E-state index contributed by atoms with van der Waals surface area (Å²) in [6.07, 6.45) is 2.43. The molecule has 0 fully saturated rings. The van der Waals surface area contributed by atoms with Crippen molar-refractivity contribution in [1.82, 2.24) is 0 Å². The van der Waals surface area contributed by atoms with E-state index in [9.17, 15) is 0 Å². The van der Waals surface area contributed by atoms with Crippen LogP contribution in [-0.4, -0.2) is 0 Å². The van der Waals surface area contributed by atoms with E-state index >= 15 is 0 Å². The SMILES string of the molecule is CCCc1ccc2sc(C(C)C)cc2c1. The summed E-state index contributed by atoms with van der Waals surface area (Å²) in [5, 5.41) is 1.43. The summed E-state index contributed by atoms with van der Waals surface area (Å²) in [5.41, 5.74) is 1.47. The Balaban J connectivity index is 2.43. The lowest BCUT2D eigenvalue weighted by Crippen LogP contribution is -1.80. The number of aryl methyl sites for hydroxylation is 1. The minimum absolute atomic E-state index is 0.650. The van der Waals surface area contributed by atoms with Gasteiger partial charge in [0, 0.05) is 9.58 Å². The predicted octanol–water partition coefficient (Wildman–Crippen LogP) is 4.98. The molecule has 0 saturated heterocycles. The molecule has 0 amide bonds. The summed E-state index contributed by atoms with van der Waals surface area (Å²) in [4.78, 5) is 1.50. The average Bonchev–Trinajstić information content (AvgIpc) is 2.61. The van der Waals surface area contributed by atoms with Gasteiger partial charge in [0.25, 0.3) is 0 Å². The molecule has 0 nitrogen and oxygen atoms in total. The molecule has 80 valence electrons. The van der Waals surface area contributed by atoms with Crippen LogP contribution in [0.5, 0.6) is 0 Å². The Labute approximate surface area is 95.9 Å². The van der Waals surface area contributed by atoms with Crippen molar-refractivity contribution < 1.29 is 0 Å². The molecule has 0 N–H and O–H groups in total. The summed E-state index contributed by atoms with van der Waals surface area (Å²) < 4.78 is 1.43. The van der Waals surface area contributed by atoms with Crippen LogP contribution >= 0.6 is 11.3 Å². The van der Waals surface area contributed by atoms with Crippen LogP contribution < -0.4 is 0 Å². The highest BCUT2D eigenvalue weighted by atomic mass is 32.1. The molecule has 0 bridgehead atoms. The van der Waals surface area contributed by atoms with Crippen molar-refractivity contribution in [3.8, 4) is 0 Å². The van der Waals surface area contributed by atoms with Gasteiger partial charge in [-0.25, -0.2) is 0 Å². The molecule has 15 heavy (non-hydrogen) atoms. The number of thiophene rings is 1. The fourth-order valence-electron chi connectivity index (χ4n) is 1.84. The third kappa shape index (κ3) is 2.23. The zero-order valence-corrected chi connectivity index (χ0v) is 10.5. The van der Waals surface area contributed by atoms with Crippen molar-refractivity contribution in [3.05, 3.63) is 34.7 Å². The maximum Gasteiger partial charge on any atom is 0.0345 e. The van der Waals surface area contributed by atoms with E-state index in [2.05, 4.69) is 45.0 Å². The molecular formula is C14H18S. The molecule has 1 aromatic carbocycles. The Hall–Kier alpha value is -0.820. The summed E-state index contributed by atoms with van der Waals surface area (Å²) in [6, 6.07) is 9.24. The maximum absolute atomic E-state index is 2.35. The van der Waals surface area contributed by atoms with Gasteiger partial charge < -0.3 is 0 Å². The molecule has 0 radical (unpaired) electrons. The lowest BCUT2D eigenvalue weighted by atomic mass is 10.1. The number of hydrogen-bond acceptors (Lipinski definition) is 1. The molecule has 0 saturated carbocycles. The van der Waals surface area contributed by atoms with Crippen molar-refractivity contribution in [3.63, 3.8) is 0 Å². The second-order valence-electron chi connectivity index (χ2n) is 4.43. The second kappa shape index (κ2) is 4.36. The smallest absolute Gasteiger partial charge is 0.0345 e. The van der Waals surface area contributed by atoms with Gasteiger partial charge in [-0.15, -0.1) is 11.3 Å². The van der Waals surface area contributed by atoms with Crippen LogP contribution in [-0.2, 0) is 6.42 Å². The van der Waals surface area contributed by atoms with Crippen LogP contribution in [0.25, 0.3) is 10.1 Å². The first kappa shape index (κ1) is 10.7. The van der Waals surface area contributed by atoms with Gasteiger partial charge in [-0.05, 0) is 35.4 Å². The molecular weight excluding hydrogens is 200 g/mol. The topological polar surface area (TPSA) is 0 Å². The maximum atomic E-state index is 2.35. The standard InChI is InChI=1S/C14H18S/c1-4-5-11-6-7-13-12(8-11)9-14(15-13)10(2)3/h6-10H,4-5H2,1-3H3. The van der Waals surface area contributed by atoms with E-state index in [-0.39, 0.29) is 0 Å². The molecule has 0 atom stereocenters. The summed E-state index contributed by atoms with van der Waals surface area (Å²) in [7, 11) is 0. The second-order valence-corrected chi connectivity index (χ2v) is 5.54. The highest BCUT2D eigenvalue weighted by Gasteiger charge is 2.05. The normalized spacial score (nSPS) is 11.5. The van der Waals surface area contributed by atoms with Crippen LogP contribution in [0.1, 0.15) is 43.6 Å². The van der Waals surface area contributed by atoms with Gasteiger partial charge in [-0.1, -0.05) is 39.3 Å². The van der Waals surface area contributed by atoms with Crippen LogP contribution in [0.2, 0.25) is 0 Å². The van der Waals surface area contributed by atoms with E-state index in [1.54, 1.807) is 0 Å². The fourth-order valence-corrected chi connectivity index (χ4v) is 2.89. The van der Waals surface area contributed by atoms with Gasteiger partial charge in [-0.3, -0.25) is 0 Å². The van der Waals surface area contributed by atoms with E-state index in [4.69, 9.17) is 0 Å². The Morgan fingerprint density at radius 2 is 2.00 bits per heavy atom. The molecule has 0 aliphatic rings. The van der Waals surface area contributed by atoms with Gasteiger partial charge in [-0.2, -0.15) is 0 Å². The lowest BCUT2D eigenvalue weighted by molar-refractivity contribution is 0.890. The molecule has 1 heterocycles. The minimum atomic E-state index is 0.650. The Morgan fingerprint density at radius 1 is 1.20 bits per heavy atom. The first-order chi connectivity index (χ1) is 7.20. The summed E-state index contributed by atoms with van der Waals surface area (Å²) in [5.74, 6) is 0.650. The highest BCUT2D eigenvalue weighted by Crippen LogP contribution is 2.31. The van der Waals surface area contributed by atoms with E-state index in [0.29, 0.717) is 5.92 Å². The average molecular weight is 218 g/mol. The largest absolute Gasteiger partial charge is 0.140 e. The lowest BCUT2D eigenvalue weighted by Gasteiger charge is -1.97. The Bertz CT molecular complexity index is 451. The highest BCUT2D eigenvalue weighted by molar-refractivity contribution is 7.19. The van der Waals surface area contributed by atoms with Crippen molar-refractivity contribution in [2.45, 2.75) is 39.5 Å². The van der Waals surface area contributed by atoms with E-state index in [1.807, 2.05) is 11.3 Å². The molecule has 1 aromatic heterocycles. The summed E-state index contributed by atoms with van der Waals surface area (Å²) in [6.45, 7) is 6.76. The van der Waals surface area contributed by atoms with Gasteiger partial charge in [0.15, 0.2) is 0 Å². The molecule has 0 unspecified atom stereocenters. The number of benzene rings is 1. The minimum Gasteiger partial charge on any atom is -0.140 e. The number of rotatable bonds is 3. The van der Waals surface area contributed by atoms with Crippen molar-refractivity contribution >= 4 is 21.4 Å². The zero-order chi connectivity index (χ0) is 10.8. The van der Waals surface area contributed by atoms with Gasteiger partial charge in [0.1, 0.15) is 0 Å². The molecule has 0 aliphatic carbocycles.